The predicted molar refractivity (Wildman–Crippen MR) is 102 cm³/mol. The second-order valence-corrected chi connectivity index (χ2v) is 7.27. The number of nitrogens with one attached hydrogen (secondary N) is 2. The number of hydrogen-bond donors (Lipinski definition) is 2. The fourth-order valence-electron chi connectivity index (χ4n) is 2.61. The molecule has 0 radical (unpaired) electrons. The Balaban J connectivity index is 1.43. The minimum Gasteiger partial charge on any atom is -0.357 e. The molecule has 0 bridgehead atoms. The maximum Gasteiger partial charge on any atom is 0.273 e. The largest absolute Gasteiger partial charge is 0.357 e. The lowest BCUT2D eigenvalue weighted by atomic mass is 10.2. The Morgan fingerprint density at radius 2 is 2.15 bits per heavy atom. The first-order valence-corrected chi connectivity index (χ1v) is 9.51. The van der Waals surface area contributed by atoms with Crippen LogP contribution in [0.15, 0.2) is 42.2 Å². The number of carbonyl (C=O) groups is 2. The third kappa shape index (κ3) is 5.27. The molecule has 1 atom stereocenters. The Morgan fingerprint density at radius 3 is 2.85 bits per heavy atom. The molecule has 0 spiro atoms. The highest BCUT2D eigenvalue weighted by molar-refractivity contribution is 7.10. The number of aromatic nitrogens is 4. The van der Waals surface area contributed by atoms with E-state index in [4.69, 9.17) is 0 Å². The summed E-state index contributed by atoms with van der Waals surface area (Å²) in [4.78, 5) is 25.3. The van der Waals surface area contributed by atoms with Gasteiger partial charge in [0.15, 0.2) is 5.69 Å². The summed E-state index contributed by atoms with van der Waals surface area (Å²) in [6.45, 7) is 2.79. The standard InChI is InChI=1S/C18H22N6O2S/c1-13(16-4-3-9-27-16)20-18(26)15-12-24(22-21-15)8-6-19-17(25)10-14-5-7-23(2)11-14/h3-5,7,9,11-13H,6,8,10H2,1-2H3,(H,19,25)(H,20,26). The molecule has 2 N–H and O–H groups in total. The lowest BCUT2D eigenvalue weighted by Gasteiger charge is -2.10. The average molecular weight is 386 g/mol. The molecular weight excluding hydrogens is 364 g/mol. The van der Waals surface area contributed by atoms with E-state index in [0.717, 1.165) is 10.4 Å². The Bertz CT molecular complexity index is 899. The highest BCUT2D eigenvalue weighted by Gasteiger charge is 2.15. The highest BCUT2D eigenvalue weighted by atomic mass is 32.1. The number of amides is 2. The monoisotopic (exact) mass is 386 g/mol. The van der Waals surface area contributed by atoms with Crippen LogP contribution in [0.1, 0.15) is 33.9 Å². The maximum absolute atomic E-state index is 12.3. The summed E-state index contributed by atoms with van der Waals surface area (Å²) >= 11 is 1.59. The molecule has 0 aliphatic carbocycles. The highest BCUT2D eigenvalue weighted by Crippen LogP contribution is 2.18. The van der Waals surface area contributed by atoms with Gasteiger partial charge in [-0.3, -0.25) is 9.59 Å². The molecule has 3 heterocycles. The van der Waals surface area contributed by atoms with Crippen molar-refractivity contribution in [3.8, 4) is 0 Å². The van der Waals surface area contributed by atoms with Gasteiger partial charge in [-0.05, 0) is 30.0 Å². The van der Waals surface area contributed by atoms with Crippen molar-refractivity contribution in [2.24, 2.45) is 7.05 Å². The predicted octanol–water partition coefficient (Wildman–Crippen LogP) is 1.53. The Morgan fingerprint density at radius 1 is 1.30 bits per heavy atom. The van der Waals surface area contributed by atoms with Crippen LogP contribution in [0.2, 0.25) is 0 Å². The smallest absolute Gasteiger partial charge is 0.273 e. The van der Waals surface area contributed by atoms with Crippen LogP contribution in [0.4, 0.5) is 0 Å². The first kappa shape index (κ1) is 18.8. The van der Waals surface area contributed by atoms with E-state index >= 15 is 0 Å². The molecule has 0 aliphatic rings. The van der Waals surface area contributed by atoms with Crippen LogP contribution in [0.3, 0.4) is 0 Å². The second-order valence-electron chi connectivity index (χ2n) is 6.29. The van der Waals surface area contributed by atoms with Gasteiger partial charge in [0, 0.05) is 30.9 Å². The quantitative estimate of drug-likeness (QED) is 0.614. The fourth-order valence-corrected chi connectivity index (χ4v) is 3.35. The minimum absolute atomic E-state index is 0.0518. The van der Waals surface area contributed by atoms with Crippen molar-refractivity contribution in [2.45, 2.75) is 25.9 Å². The van der Waals surface area contributed by atoms with Crippen molar-refractivity contribution < 1.29 is 9.59 Å². The molecule has 0 saturated heterocycles. The number of nitrogens with zero attached hydrogens (tertiary/aromatic N) is 4. The van der Waals surface area contributed by atoms with E-state index in [2.05, 4.69) is 20.9 Å². The SMILES string of the molecule is CC(NC(=O)c1cn(CCNC(=O)Cc2ccn(C)c2)nn1)c1cccs1. The molecule has 27 heavy (non-hydrogen) atoms. The van der Waals surface area contributed by atoms with Gasteiger partial charge < -0.3 is 15.2 Å². The van der Waals surface area contributed by atoms with Gasteiger partial charge >= 0.3 is 0 Å². The van der Waals surface area contributed by atoms with Crippen LogP contribution in [-0.2, 0) is 24.8 Å². The normalized spacial score (nSPS) is 11.9. The average Bonchev–Trinajstić information content (AvgIpc) is 3.36. The zero-order valence-corrected chi connectivity index (χ0v) is 16.1. The van der Waals surface area contributed by atoms with E-state index in [1.54, 1.807) is 22.2 Å². The van der Waals surface area contributed by atoms with Gasteiger partial charge in [-0.15, -0.1) is 16.4 Å². The number of rotatable bonds is 8. The van der Waals surface area contributed by atoms with Gasteiger partial charge in [0.1, 0.15) is 0 Å². The minimum atomic E-state index is -0.268. The maximum atomic E-state index is 12.3. The van der Waals surface area contributed by atoms with Crippen LogP contribution in [0, 0.1) is 0 Å². The zero-order valence-electron chi connectivity index (χ0n) is 15.3. The van der Waals surface area contributed by atoms with Crippen molar-refractivity contribution in [1.29, 1.82) is 0 Å². The topological polar surface area (TPSA) is 93.8 Å². The van der Waals surface area contributed by atoms with Crippen LogP contribution < -0.4 is 10.6 Å². The molecule has 0 aromatic carbocycles. The van der Waals surface area contributed by atoms with Crippen molar-refractivity contribution in [3.63, 3.8) is 0 Å². The molecule has 0 fully saturated rings. The van der Waals surface area contributed by atoms with Crippen molar-refractivity contribution in [3.05, 3.63) is 58.3 Å². The van der Waals surface area contributed by atoms with E-state index in [0.29, 0.717) is 19.5 Å². The Labute approximate surface area is 161 Å². The molecule has 8 nitrogen and oxygen atoms in total. The lowest BCUT2D eigenvalue weighted by Crippen LogP contribution is -2.28. The number of hydrogen-bond acceptors (Lipinski definition) is 5. The van der Waals surface area contributed by atoms with Crippen LogP contribution >= 0.6 is 11.3 Å². The first-order valence-electron chi connectivity index (χ1n) is 8.63. The molecule has 1 unspecified atom stereocenters. The summed E-state index contributed by atoms with van der Waals surface area (Å²) in [6, 6.07) is 5.76. The van der Waals surface area contributed by atoms with Crippen LogP contribution in [-0.4, -0.2) is 37.9 Å². The second kappa shape index (κ2) is 8.63. The Kier molecular flexibility index (Phi) is 6.02. The van der Waals surface area contributed by atoms with Gasteiger partial charge in [-0.2, -0.15) is 0 Å². The zero-order chi connectivity index (χ0) is 19.2. The molecule has 0 aliphatic heterocycles. The third-order valence-corrected chi connectivity index (χ3v) is 5.06. The molecule has 3 aromatic heterocycles. The molecular formula is C18H22N6O2S. The lowest BCUT2D eigenvalue weighted by molar-refractivity contribution is -0.120. The molecule has 142 valence electrons. The van der Waals surface area contributed by atoms with E-state index in [1.807, 2.05) is 54.5 Å². The molecule has 3 rings (SSSR count). The molecule has 9 heteroatoms. The first-order chi connectivity index (χ1) is 13.0. The number of thiophene rings is 1. The summed E-state index contributed by atoms with van der Waals surface area (Å²) in [5, 5.41) is 15.6. The number of aryl methyl sites for hydroxylation is 1. The Hall–Kier alpha value is -2.94. The summed E-state index contributed by atoms with van der Waals surface area (Å²) in [7, 11) is 1.92. The van der Waals surface area contributed by atoms with Crippen molar-refractivity contribution >= 4 is 23.2 Å². The summed E-state index contributed by atoms with van der Waals surface area (Å²) in [5.74, 6) is -0.320. The summed E-state index contributed by atoms with van der Waals surface area (Å²) in [5.41, 5.74) is 1.23. The van der Waals surface area contributed by atoms with Gasteiger partial charge in [-0.25, -0.2) is 4.68 Å². The van der Waals surface area contributed by atoms with E-state index in [9.17, 15) is 9.59 Å². The summed E-state index contributed by atoms with van der Waals surface area (Å²) < 4.78 is 3.46. The van der Waals surface area contributed by atoms with E-state index in [-0.39, 0.29) is 23.6 Å². The van der Waals surface area contributed by atoms with Gasteiger partial charge in [0.05, 0.1) is 25.2 Å². The van der Waals surface area contributed by atoms with Crippen molar-refractivity contribution in [2.75, 3.05) is 6.54 Å². The fraction of sp³-hybridized carbons (Fsp3) is 0.333. The molecule has 0 saturated carbocycles. The third-order valence-electron chi connectivity index (χ3n) is 4.01. The molecule has 3 aromatic rings. The van der Waals surface area contributed by atoms with Crippen molar-refractivity contribution in [1.82, 2.24) is 30.2 Å². The number of carbonyl (C=O) groups excluding carboxylic acids is 2. The van der Waals surface area contributed by atoms with Gasteiger partial charge in [0.2, 0.25) is 5.91 Å². The molecule has 2 amide bonds. The van der Waals surface area contributed by atoms with Crippen LogP contribution in [0.25, 0.3) is 0 Å². The van der Waals surface area contributed by atoms with E-state index in [1.165, 1.54) is 0 Å². The van der Waals surface area contributed by atoms with Gasteiger partial charge in [-0.1, -0.05) is 11.3 Å². The van der Waals surface area contributed by atoms with Gasteiger partial charge in [0.25, 0.3) is 5.91 Å². The summed E-state index contributed by atoms with van der Waals surface area (Å²) in [6.07, 6.45) is 5.75. The van der Waals surface area contributed by atoms with Crippen LogP contribution in [0.5, 0.6) is 0 Å². The van der Waals surface area contributed by atoms with E-state index < -0.39 is 0 Å².